The summed E-state index contributed by atoms with van der Waals surface area (Å²) in [4.78, 5) is 25.7. The first-order valence-electron chi connectivity index (χ1n) is 7.52. The summed E-state index contributed by atoms with van der Waals surface area (Å²) < 4.78 is 10.6. The number of hydrogen-bond acceptors (Lipinski definition) is 4. The smallest absolute Gasteiger partial charge is 0.231 e. The lowest BCUT2D eigenvalue weighted by atomic mass is 9.92. The maximum absolute atomic E-state index is 12.5. The third-order valence-electron chi connectivity index (χ3n) is 4.40. The number of carbonyl (C=O) groups is 2. The molecule has 2 N–H and O–H groups in total. The van der Waals surface area contributed by atoms with Gasteiger partial charge >= 0.3 is 0 Å². The Labute approximate surface area is 129 Å². The molecule has 2 amide bonds. The highest BCUT2D eigenvalue weighted by Gasteiger charge is 2.31. The van der Waals surface area contributed by atoms with Crippen LogP contribution in [0.2, 0.25) is 0 Å². The molecule has 118 valence electrons. The fraction of sp³-hybridized carbons (Fsp3) is 0.500. The SMILES string of the molecule is C[C@H]1CC[C@H](C(N)=O)CN1C(=O)Cc1ccc2c(c1)OCO2. The number of primary amides is 1. The summed E-state index contributed by atoms with van der Waals surface area (Å²) in [6.45, 7) is 2.64. The number of carbonyl (C=O) groups excluding carboxylic acids is 2. The summed E-state index contributed by atoms with van der Waals surface area (Å²) in [5.41, 5.74) is 6.26. The summed E-state index contributed by atoms with van der Waals surface area (Å²) in [7, 11) is 0. The van der Waals surface area contributed by atoms with Crippen LogP contribution in [0.4, 0.5) is 0 Å². The summed E-state index contributed by atoms with van der Waals surface area (Å²) in [6, 6.07) is 5.65. The van der Waals surface area contributed by atoms with Crippen LogP contribution in [-0.2, 0) is 16.0 Å². The standard InChI is InChI=1S/C16H20N2O4/c1-10-2-4-12(16(17)20)8-18(10)15(19)7-11-3-5-13-14(6-11)22-9-21-13/h3,5-6,10,12H,2,4,7-9H2,1H3,(H2,17,20)/t10-,12-/m0/s1. The molecule has 0 unspecified atom stereocenters. The normalized spacial score (nSPS) is 23.4. The van der Waals surface area contributed by atoms with Crippen molar-refractivity contribution in [1.29, 1.82) is 0 Å². The van der Waals surface area contributed by atoms with Crippen molar-refractivity contribution in [2.45, 2.75) is 32.2 Å². The van der Waals surface area contributed by atoms with Gasteiger partial charge in [0, 0.05) is 12.6 Å². The Hall–Kier alpha value is -2.24. The molecule has 1 fully saturated rings. The molecular weight excluding hydrogens is 284 g/mol. The Morgan fingerprint density at radius 2 is 2.05 bits per heavy atom. The highest BCUT2D eigenvalue weighted by molar-refractivity contribution is 5.82. The molecule has 2 atom stereocenters. The minimum absolute atomic E-state index is 0.0114. The van der Waals surface area contributed by atoms with Gasteiger partial charge in [-0.15, -0.1) is 0 Å². The predicted molar refractivity (Wildman–Crippen MR) is 79.4 cm³/mol. The third kappa shape index (κ3) is 2.86. The molecule has 0 saturated carbocycles. The summed E-state index contributed by atoms with van der Waals surface area (Å²) in [5, 5.41) is 0. The second-order valence-electron chi connectivity index (χ2n) is 5.94. The van der Waals surface area contributed by atoms with Crippen LogP contribution < -0.4 is 15.2 Å². The summed E-state index contributed by atoms with van der Waals surface area (Å²) in [6.07, 6.45) is 1.84. The molecule has 1 aromatic carbocycles. The molecule has 3 rings (SSSR count). The quantitative estimate of drug-likeness (QED) is 0.905. The molecule has 0 aliphatic carbocycles. The molecular formula is C16H20N2O4. The van der Waals surface area contributed by atoms with Crippen LogP contribution in [0, 0.1) is 5.92 Å². The third-order valence-corrected chi connectivity index (χ3v) is 4.40. The lowest BCUT2D eigenvalue weighted by Gasteiger charge is -2.37. The van der Waals surface area contributed by atoms with E-state index < -0.39 is 0 Å². The number of ether oxygens (including phenoxy) is 2. The molecule has 2 heterocycles. The number of rotatable bonds is 3. The second kappa shape index (κ2) is 5.87. The zero-order valence-electron chi connectivity index (χ0n) is 12.6. The van der Waals surface area contributed by atoms with E-state index in [0.717, 1.165) is 18.4 Å². The van der Waals surface area contributed by atoms with E-state index in [1.165, 1.54) is 0 Å². The molecule has 1 aromatic rings. The van der Waals surface area contributed by atoms with E-state index in [-0.39, 0.29) is 37.0 Å². The molecule has 0 radical (unpaired) electrons. The number of piperidine rings is 1. The number of hydrogen-bond donors (Lipinski definition) is 1. The van der Waals surface area contributed by atoms with Crippen LogP contribution in [0.15, 0.2) is 18.2 Å². The number of likely N-dealkylation sites (tertiary alicyclic amines) is 1. The minimum Gasteiger partial charge on any atom is -0.454 e. The molecule has 6 heteroatoms. The Kier molecular flexibility index (Phi) is 3.92. The lowest BCUT2D eigenvalue weighted by molar-refractivity contribution is -0.136. The van der Waals surface area contributed by atoms with Crippen molar-refractivity contribution in [1.82, 2.24) is 4.90 Å². The van der Waals surface area contributed by atoms with Gasteiger partial charge in [-0.1, -0.05) is 6.07 Å². The first-order valence-corrected chi connectivity index (χ1v) is 7.52. The fourth-order valence-electron chi connectivity index (χ4n) is 3.01. The monoisotopic (exact) mass is 304 g/mol. The van der Waals surface area contributed by atoms with Crippen molar-refractivity contribution in [2.24, 2.45) is 11.7 Å². The van der Waals surface area contributed by atoms with Crippen molar-refractivity contribution in [3.8, 4) is 11.5 Å². The average molecular weight is 304 g/mol. The van der Waals surface area contributed by atoms with E-state index in [1.807, 2.05) is 25.1 Å². The van der Waals surface area contributed by atoms with E-state index >= 15 is 0 Å². The molecule has 22 heavy (non-hydrogen) atoms. The van der Waals surface area contributed by atoms with Gasteiger partial charge in [-0.05, 0) is 37.5 Å². The number of nitrogens with two attached hydrogens (primary N) is 1. The van der Waals surface area contributed by atoms with Gasteiger partial charge in [0.05, 0.1) is 12.3 Å². The molecule has 1 saturated heterocycles. The van der Waals surface area contributed by atoms with Crippen LogP contribution in [0.25, 0.3) is 0 Å². The van der Waals surface area contributed by atoms with Gasteiger partial charge in [0.25, 0.3) is 0 Å². The van der Waals surface area contributed by atoms with E-state index in [1.54, 1.807) is 4.90 Å². The van der Waals surface area contributed by atoms with Crippen LogP contribution >= 0.6 is 0 Å². The molecule has 2 aliphatic heterocycles. The van der Waals surface area contributed by atoms with Gasteiger partial charge in [0.15, 0.2) is 11.5 Å². The Morgan fingerprint density at radius 1 is 1.27 bits per heavy atom. The van der Waals surface area contributed by atoms with E-state index in [4.69, 9.17) is 15.2 Å². The largest absolute Gasteiger partial charge is 0.454 e. The molecule has 0 aromatic heterocycles. The van der Waals surface area contributed by atoms with Crippen LogP contribution in [0.3, 0.4) is 0 Å². The first kappa shape index (κ1) is 14.7. The molecule has 0 spiro atoms. The van der Waals surface area contributed by atoms with Crippen molar-refractivity contribution >= 4 is 11.8 Å². The first-order chi connectivity index (χ1) is 10.5. The summed E-state index contributed by atoms with van der Waals surface area (Å²) in [5.74, 6) is 0.824. The molecule has 2 aliphatic rings. The van der Waals surface area contributed by atoms with Gasteiger partial charge in [0.2, 0.25) is 18.6 Å². The van der Waals surface area contributed by atoms with Gasteiger partial charge in [-0.25, -0.2) is 0 Å². The Bertz CT molecular complexity index is 602. The number of nitrogens with zero attached hydrogens (tertiary/aromatic N) is 1. The Morgan fingerprint density at radius 3 is 2.82 bits per heavy atom. The van der Waals surface area contributed by atoms with Crippen molar-refractivity contribution in [2.75, 3.05) is 13.3 Å². The minimum atomic E-state index is -0.326. The topological polar surface area (TPSA) is 81.9 Å². The van der Waals surface area contributed by atoms with Crippen LogP contribution in [-0.4, -0.2) is 36.1 Å². The highest BCUT2D eigenvalue weighted by atomic mass is 16.7. The zero-order chi connectivity index (χ0) is 15.7. The lowest BCUT2D eigenvalue weighted by Crippen LogP contribution is -2.49. The van der Waals surface area contributed by atoms with Gasteiger partial charge in [-0.3, -0.25) is 9.59 Å². The maximum atomic E-state index is 12.5. The number of amides is 2. The van der Waals surface area contributed by atoms with Gasteiger partial charge in [0.1, 0.15) is 0 Å². The second-order valence-corrected chi connectivity index (χ2v) is 5.94. The van der Waals surface area contributed by atoms with Crippen LogP contribution in [0.5, 0.6) is 11.5 Å². The maximum Gasteiger partial charge on any atom is 0.231 e. The van der Waals surface area contributed by atoms with Crippen molar-refractivity contribution in [3.05, 3.63) is 23.8 Å². The van der Waals surface area contributed by atoms with Crippen molar-refractivity contribution in [3.63, 3.8) is 0 Å². The van der Waals surface area contributed by atoms with Gasteiger partial charge in [-0.2, -0.15) is 0 Å². The Balaban J connectivity index is 1.69. The molecule has 0 bridgehead atoms. The number of fused-ring (bicyclic) bond motifs is 1. The van der Waals surface area contributed by atoms with Crippen molar-refractivity contribution < 1.29 is 19.1 Å². The zero-order valence-corrected chi connectivity index (χ0v) is 12.6. The average Bonchev–Trinajstić information content (AvgIpc) is 2.94. The summed E-state index contributed by atoms with van der Waals surface area (Å²) >= 11 is 0. The highest BCUT2D eigenvalue weighted by Crippen LogP contribution is 2.33. The van der Waals surface area contributed by atoms with E-state index in [9.17, 15) is 9.59 Å². The molecule has 6 nitrogen and oxygen atoms in total. The van der Waals surface area contributed by atoms with Crippen LogP contribution in [0.1, 0.15) is 25.3 Å². The predicted octanol–water partition coefficient (Wildman–Crippen LogP) is 1.07. The fourth-order valence-corrected chi connectivity index (χ4v) is 3.01. The van der Waals surface area contributed by atoms with E-state index in [2.05, 4.69) is 0 Å². The van der Waals surface area contributed by atoms with Gasteiger partial charge < -0.3 is 20.1 Å². The number of benzene rings is 1. The van der Waals surface area contributed by atoms with E-state index in [0.29, 0.717) is 18.0 Å².